The number of fused-ring (bicyclic) bond motifs is 1. The van der Waals surface area contributed by atoms with Crippen molar-refractivity contribution in [2.24, 2.45) is 0 Å². The number of piperazine rings is 1. The van der Waals surface area contributed by atoms with E-state index in [-0.39, 0.29) is 0 Å². The van der Waals surface area contributed by atoms with E-state index < -0.39 is 0 Å². The van der Waals surface area contributed by atoms with Crippen molar-refractivity contribution in [1.82, 2.24) is 9.80 Å². The van der Waals surface area contributed by atoms with Crippen LogP contribution in [0.1, 0.15) is 34.6 Å². The van der Waals surface area contributed by atoms with Crippen LogP contribution in [-0.4, -0.2) is 46.6 Å². The van der Waals surface area contributed by atoms with E-state index in [1.54, 1.807) is 0 Å². The smallest absolute Gasteiger partial charge is 0.0398 e. The Bertz CT molecular complexity index is 193. The Balaban J connectivity index is 1.90. The summed E-state index contributed by atoms with van der Waals surface area (Å²) in [5.74, 6) is 0. The summed E-state index contributed by atoms with van der Waals surface area (Å²) in [7, 11) is 0. The van der Waals surface area contributed by atoms with Gasteiger partial charge in [-0.1, -0.05) is 0 Å². The number of nitrogens with zero attached hydrogens (tertiary/aromatic N) is 2. The third-order valence-electron chi connectivity index (χ3n) is 3.48. The lowest BCUT2D eigenvalue weighted by molar-refractivity contribution is 0.131. The van der Waals surface area contributed by atoms with E-state index in [2.05, 4.69) is 44.4 Å². The molecule has 0 aromatic heterocycles. The molecule has 0 aromatic rings. The van der Waals surface area contributed by atoms with Crippen molar-refractivity contribution >= 4 is 0 Å². The molecular formula is C11H22N2. The molecule has 0 aromatic carbocycles. The summed E-state index contributed by atoms with van der Waals surface area (Å²) in [5.41, 5.74) is 0.371. The molecule has 2 atom stereocenters. The average Bonchev–Trinajstić information content (AvgIpc) is 2.46. The number of hydrogen-bond acceptors (Lipinski definition) is 2. The molecule has 2 rings (SSSR count). The Kier molecular flexibility index (Phi) is 1.97. The van der Waals surface area contributed by atoms with E-state index in [1.807, 2.05) is 0 Å². The van der Waals surface area contributed by atoms with Crippen LogP contribution in [0, 0.1) is 0 Å². The Morgan fingerprint density at radius 2 is 1.54 bits per heavy atom. The Morgan fingerprint density at radius 1 is 1.08 bits per heavy atom. The first-order chi connectivity index (χ1) is 5.91. The molecule has 2 fully saturated rings. The predicted octanol–water partition coefficient (Wildman–Crippen LogP) is 1.56. The van der Waals surface area contributed by atoms with Gasteiger partial charge in [-0.15, -0.1) is 0 Å². The molecule has 0 spiro atoms. The van der Waals surface area contributed by atoms with Crippen molar-refractivity contribution in [3.05, 3.63) is 0 Å². The zero-order valence-electron chi connectivity index (χ0n) is 9.54. The van der Waals surface area contributed by atoms with E-state index in [4.69, 9.17) is 0 Å². The van der Waals surface area contributed by atoms with Crippen LogP contribution in [-0.2, 0) is 0 Å². The molecule has 2 heterocycles. The van der Waals surface area contributed by atoms with Gasteiger partial charge in [-0.2, -0.15) is 0 Å². The van der Waals surface area contributed by atoms with Crippen molar-refractivity contribution < 1.29 is 0 Å². The molecule has 2 aliphatic heterocycles. The van der Waals surface area contributed by atoms with Gasteiger partial charge in [0, 0.05) is 36.8 Å². The molecule has 76 valence electrons. The van der Waals surface area contributed by atoms with E-state index in [1.165, 1.54) is 13.1 Å². The zero-order valence-corrected chi connectivity index (χ0v) is 9.54. The van der Waals surface area contributed by atoms with Crippen molar-refractivity contribution in [3.8, 4) is 0 Å². The van der Waals surface area contributed by atoms with Crippen LogP contribution in [0.2, 0.25) is 0 Å². The third-order valence-corrected chi connectivity index (χ3v) is 3.48. The molecule has 2 heteroatoms. The van der Waals surface area contributed by atoms with Crippen molar-refractivity contribution in [3.63, 3.8) is 0 Å². The molecule has 13 heavy (non-hydrogen) atoms. The summed E-state index contributed by atoms with van der Waals surface area (Å²) in [6.45, 7) is 14.1. The highest BCUT2D eigenvalue weighted by atomic mass is 15.5. The fourth-order valence-corrected chi connectivity index (χ4v) is 2.63. The molecule has 0 aliphatic carbocycles. The second kappa shape index (κ2) is 2.71. The van der Waals surface area contributed by atoms with E-state index in [0.29, 0.717) is 5.54 Å². The first-order valence-electron chi connectivity index (χ1n) is 5.44. The molecule has 2 unspecified atom stereocenters. The van der Waals surface area contributed by atoms with Gasteiger partial charge in [0.2, 0.25) is 0 Å². The van der Waals surface area contributed by atoms with Crippen molar-refractivity contribution in [1.29, 1.82) is 0 Å². The van der Waals surface area contributed by atoms with Gasteiger partial charge in [-0.25, -0.2) is 0 Å². The largest absolute Gasteiger partial charge is 0.295 e. The maximum Gasteiger partial charge on any atom is 0.0398 e. The lowest BCUT2D eigenvalue weighted by Gasteiger charge is -2.34. The van der Waals surface area contributed by atoms with Gasteiger partial charge in [0.05, 0.1) is 0 Å². The summed E-state index contributed by atoms with van der Waals surface area (Å²) in [4.78, 5) is 5.25. The van der Waals surface area contributed by atoms with Gasteiger partial charge in [0.25, 0.3) is 0 Å². The molecule has 0 bridgehead atoms. The fraction of sp³-hybridized carbons (Fsp3) is 1.00. The lowest BCUT2D eigenvalue weighted by atomic mass is 10.1. The zero-order chi connectivity index (χ0) is 9.80. The summed E-state index contributed by atoms with van der Waals surface area (Å²) in [6.07, 6.45) is 0. The number of likely N-dealkylation sites (tertiary alicyclic amines) is 1. The van der Waals surface area contributed by atoms with Crippen molar-refractivity contribution in [2.75, 3.05) is 13.1 Å². The predicted molar refractivity (Wildman–Crippen MR) is 55.9 cm³/mol. The maximum absolute atomic E-state index is 2.64. The van der Waals surface area contributed by atoms with Gasteiger partial charge in [-0.3, -0.25) is 9.80 Å². The highest BCUT2D eigenvalue weighted by molar-refractivity contribution is 5.13. The van der Waals surface area contributed by atoms with Gasteiger partial charge in [0.15, 0.2) is 0 Å². The van der Waals surface area contributed by atoms with Crippen LogP contribution >= 0.6 is 0 Å². The van der Waals surface area contributed by atoms with Crippen molar-refractivity contribution in [2.45, 2.75) is 58.3 Å². The quantitative estimate of drug-likeness (QED) is 0.568. The summed E-state index contributed by atoms with van der Waals surface area (Å²) >= 11 is 0. The van der Waals surface area contributed by atoms with Crippen LogP contribution in [0.3, 0.4) is 0 Å². The SMILES string of the molecule is CC(C)N1C2CN(C(C)(C)C)CC21. The van der Waals surface area contributed by atoms with Gasteiger partial charge >= 0.3 is 0 Å². The number of rotatable bonds is 1. The van der Waals surface area contributed by atoms with Gasteiger partial charge in [-0.05, 0) is 34.6 Å². The average molecular weight is 182 g/mol. The minimum Gasteiger partial charge on any atom is -0.295 e. The van der Waals surface area contributed by atoms with Crippen LogP contribution < -0.4 is 0 Å². The summed E-state index contributed by atoms with van der Waals surface area (Å²) in [5, 5.41) is 0. The molecule has 0 amide bonds. The molecule has 2 saturated heterocycles. The molecule has 0 N–H and O–H groups in total. The Hall–Kier alpha value is -0.0800. The van der Waals surface area contributed by atoms with E-state index in [9.17, 15) is 0 Å². The van der Waals surface area contributed by atoms with E-state index in [0.717, 1.165) is 18.1 Å². The molecule has 2 aliphatic rings. The Morgan fingerprint density at radius 3 is 1.85 bits per heavy atom. The monoisotopic (exact) mass is 182 g/mol. The van der Waals surface area contributed by atoms with Crippen LogP contribution in [0.5, 0.6) is 0 Å². The van der Waals surface area contributed by atoms with E-state index >= 15 is 0 Å². The Labute approximate surface area is 81.9 Å². The topological polar surface area (TPSA) is 6.25 Å². The summed E-state index contributed by atoms with van der Waals surface area (Å²) in [6, 6.07) is 2.50. The first-order valence-corrected chi connectivity index (χ1v) is 5.44. The fourth-order valence-electron chi connectivity index (χ4n) is 2.63. The molecule has 0 saturated carbocycles. The first kappa shape index (κ1) is 9.47. The van der Waals surface area contributed by atoms with Crippen LogP contribution in [0.4, 0.5) is 0 Å². The molecular weight excluding hydrogens is 160 g/mol. The maximum atomic E-state index is 2.64. The minimum absolute atomic E-state index is 0.371. The van der Waals surface area contributed by atoms with Gasteiger partial charge < -0.3 is 0 Å². The summed E-state index contributed by atoms with van der Waals surface area (Å²) < 4.78 is 0. The standard InChI is InChI=1S/C11H22N2/c1-8(2)13-9-6-12(7-10(9)13)11(3,4)5/h8-10H,6-7H2,1-5H3. The lowest BCUT2D eigenvalue weighted by Crippen LogP contribution is -2.44. The third kappa shape index (κ3) is 1.50. The minimum atomic E-state index is 0.371. The second-order valence-electron chi connectivity index (χ2n) is 5.75. The molecule has 2 nitrogen and oxygen atoms in total. The highest BCUT2D eigenvalue weighted by Crippen LogP contribution is 2.39. The molecule has 0 radical (unpaired) electrons. The second-order valence-corrected chi connectivity index (χ2v) is 5.75. The van der Waals surface area contributed by atoms with Crippen LogP contribution in [0.15, 0.2) is 0 Å². The normalized spacial score (nSPS) is 39.7. The van der Waals surface area contributed by atoms with Gasteiger partial charge in [0.1, 0.15) is 0 Å². The highest BCUT2D eigenvalue weighted by Gasteiger charge is 2.55. The number of hydrogen-bond donors (Lipinski definition) is 0. The van der Waals surface area contributed by atoms with Crippen LogP contribution in [0.25, 0.3) is 0 Å².